The highest BCUT2D eigenvalue weighted by Crippen LogP contribution is 2.42. The zero-order valence-electron chi connectivity index (χ0n) is 17.7. The van der Waals surface area contributed by atoms with Crippen LogP contribution in [0.3, 0.4) is 0 Å². The topological polar surface area (TPSA) is 81.0 Å². The number of carbonyl (C=O) groups is 2. The SMILES string of the molecule is CCOC(=O)c1ccc2c(c1)N(Cc1cc(=O)n3ccccc3n1)C(=O)c1ccccc1S2. The van der Waals surface area contributed by atoms with Crippen LogP contribution >= 0.6 is 11.8 Å². The maximum absolute atomic E-state index is 13.6. The van der Waals surface area contributed by atoms with Gasteiger partial charge in [-0.3, -0.25) is 14.0 Å². The van der Waals surface area contributed by atoms with Crippen molar-refractivity contribution < 1.29 is 14.3 Å². The van der Waals surface area contributed by atoms with Gasteiger partial charge in [0.1, 0.15) is 5.65 Å². The van der Waals surface area contributed by atoms with E-state index in [9.17, 15) is 14.4 Å². The van der Waals surface area contributed by atoms with Gasteiger partial charge in [-0.2, -0.15) is 0 Å². The van der Waals surface area contributed by atoms with E-state index >= 15 is 0 Å². The third-order valence-corrected chi connectivity index (χ3v) is 6.43. The first-order valence-corrected chi connectivity index (χ1v) is 11.2. The first kappa shape index (κ1) is 21.0. The lowest BCUT2D eigenvalue weighted by Gasteiger charge is -2.23. The highest BCUT2D eigenvalue weighted by atomic mass is 32.2. The van der Waals surface area contributed by atoms with Crippen molar-refractivity contribution in [3.63, 3.8) is 0 Å². The van der Waals surface area contributed by atoms with Crippen molar-refractivity contribution >= 4 is 35.0 Å². The minimum absolute atomic E-state index is 0.0770. The summed E-state index contributed by atoms with van der Waals surface area (Å²) >= 11 is 1.46. The second kappa shape index (κ2) is 8.55. The lowest BCUT2D eigenvalue weighted by atomic mass is 10.1. The molecule has 0 saturated carbocycles. The van der Waals surface area contributed by atoms with E-state index in [4.69, 9.17) is 4.74 Å². The Morgan fingerprint density at radius 1 is 1.00 bits per heavy atom. The van der Waals surface area contributed by atoms with Gasteiger partial charge in [0, 0.05) is 22.1 Å². The molecular formula is C25H19N3O4S. The third-order valence-electron chi connectivity index (χ3n) is 5.29. The normalized spacial score (nSPS) is 12.8. The predicted molar refractivity (Wildman–Crippen MR) is 125 cm³/mol. The van der Waals surface area contributed by atoms with E-state index in [1.807, 2.05) is 24.3 Å². The average Bonchev–Trinajstić information content (AvgIpc) is 2.94. The second-order valence-electron chi connectivity index (χ2n) is 7.41. The van der Waals surface area contributed by atoms with Crippen LogP contribution < -0.4 is 10.5 Å². The van der Waals surface area contributed by atoms with Gasteiger partial charge in [0.15, 0.2) is 0 Å². The smallest absolute Gasteiger partial charge is 0.338 e. The number of anilines is 1. The molecule has 1 amide bonds. The van der Waals surface area contributed by atoms with Gasteiger partial charge in [-0.05, 0) is 49.4 Å². The largest absolute Gasteiger partial charge is 0.462 e. The monoisotopic (exact) mass is 457 g/mol. The molecule has 164 valence electrons. The van der Waals surface area contributed by atoms with Gasteiger partial charge < -0.3 is 9.64 Å². The van der Waals surface area contributed by atoms with Gasteiger partial charge in [-0.25, -0.2) is 9.78 Å². The highest BCUT2D eigenvalue weighted by Gasteiger charge is 2.29. The van der Waals surface area contributed by atoms with Gasteiger partial charge in [-0.15, -0.1) is 0 Å². The summed E-state index contributed by atoms with van der Waals surface area (Å²) in [4.78, 5) is 46.4. The van der Waals surface area contributed by atoms with Gasteiger partial charge >= 0.3 is 5.97 Å². The van der Waals surface area contributed by atoms with Crippen molar-refractivity contribution in [1.82, 2.24) is 9.38 Å². The number of esters is 1. The Kier molecular flexibility index (Phi) is 5.43. The van der Waals surface area contributed by atoms with Crippen LogP contribution in [0.4, 0.5) is 5.69 Å². The third kappa shape index (κ3) is 3.89. The molecule has 33 heavy (non-hydrogen) atoms. The Balaban J connectivity index is 1.65. The lowest BCUT2D eigenvalue weighted by molar-refractivity contribution is 0.0526. The average molecular weight is 458 g/mol. The maximum atomic E-state index is 13.6. The molecule has 7 nitrogen and oxygen atoms in total. The van der Waals surface area contributed by atoms with E-state index in [1.165, 1.54) is 22.2 Å². The van der Waals surface area contributed by atoms with Crippen LogP contribution in [0.2, 0.25) is 0 Å². The van der Waals surface area contributed by atoms with Gasteiger partial charge in [0.25, 0.3) is 11.5 Å². The highest BCUT2D eigenvalue weighted by molar-refractivity contribution is 7.99. The number of amides is 1. The molecule has 8 heteroatoms. The van der Waals surface area contributed by atoms with E-state index < -0.39 is 5.97 Å². The van der Waals surface area contributed by atoms with Crippen molar-refractivity contribution in [1.29, 1.82) is 0 Å². The maximum Gasteiger partial charge on any atom is 0.338 e. The zero-order valence-corrected chi connectivity index (χ0v) is 18.5. The Hall–Kier alpha value is -3.91. The van der Waals surface area contributed by atoms with E-state index in [-0.39, 0.29) is 24.6 Å². The molecule has 0 bridgehead atoms. The number of rotatable bonds is 4. The molecule has 0 atom stereocenters. The zero-order chi connectivity index (χ0) is 22.9. The minimum Gasteiger partial charge on any atom is -0.462 e. The van der Waals surface area contributed by atoms with Crippen LogP contribution in [0.5, 0.6) is 0 Å². The second-order valence-corrected chi connectivity index (χ2v) is 8.49. The molecule has 0 saturated heterocycles. The molecule has 0 unspecified atom stereocenters. The van der Waals surface area contributed by atoms with E-state index in [0.717, 1.165) is 9.79 Å². The quantitative estimate of drug-likeness (QED) is 0.428. The molecule has 2 aromatic carbocycles. The summed E-state index contributed by atoms with van der Waals surface area (Å²) in [6, 6.07) is 19.3. The number of aromatic nitrogens is 2. The van der Waals surface area contributed by atoms with Crippen LogP contribution in [0.1, 0.15) is 33.3 Å². The summed E-state index contributed by atoms with van der Waals surface area (Å²) in [6.07, 6.45) is 1.65. The molecule has 5 rings (SSSR count). The van der Waals surface area contributed by atoms with Gasteiger partial charge in [0.05, 0.1) is 35.7 Å². The molecule has 0 fully saturated rings. The van der Waals surface area contributed by atoms with Gasteiger partial charge in [-0.1, -0.05) is 30.0 Å². The molecule has 4 aromatic rings. The molecule has 0 spiro atoms. The molecule has 0 radical (unpaired) electrons. The van der Waals surface area contributed by atoms with Crippen LogP contribution in [0.15, 0.2) is 87.5 Å². The number of hydrogen-bond acceptors (Lipinski definition) is 6. The number of ether oxygens (including phenoxy) is 1. The fourth-order valence-electron chi connectivity index (χ4n) is 3.76. The summed E-state index contributed by atoms with van der Waals surface area (Å²) < 4.78 is 6.60. The minimum atomic E-state index is -0.457. The summed E-state index contributed by atoms with van der Waals surface area (Å²) in [6.45, 7) is 2.07. The van der Waals surface area contributed by atoms with Crippen molar-refractivity contribution in [2.75, 3.05) is 11.5 Å². The Labute approximate surface area is 193 Å². The number of fused-ring (bicyclic) bond motifs is 3. The Morgan fingerprint density at radius 2 is 1.82 bits per heavy atom. The summed E-state index contributed by atoms with van der Waals surface area (Å²) in [5.74, 6) is -0.686. The molecule has 0 N–H and O–H groups in total. The number of nitrogens with zero attached hydrogens (tertiary/aromatic N) is 3. The summed E-state index contributed by atoms with van der Waals surface area (Å²) in [5, 5.41) is 0. The van der Waals surface area contributed by atoms with Crippen molar-refractivity contribution in [2.24, 2.45) is 0 Å². The Morgan fingerprint density at radius 3 is 2.67 bits per heavy atom. The standard InChI is InChI=1S/C25H19N3O4S/c1-2-32-25(31)16-10-11-21-19(13-16)28(24(30)18-7-3-4-8-20(18)33-21)15-17-14-23(29)27-12-6-5-9-22(27)26-17/h3-14H,2,15H2,1H3. The Bertz CT molecular complexity index is 1460. The number of benzene rings is 2. The lowest BCUT2D eigenvalue weighted by Crippen LogP contribution is -2.31. The molecule has 1 aliphatic heterocycles. The fourth-order valence-corrected chi connectivity index (χ4v) is 4.82. The van der Waals surface area contributed by atoms with Crippen molar-refractivity contribution in [3.8, 4) is 0 Å². The van der Waals surface area contributed by atoms with E-state index in [2.05, 4.69) is 4.98 Å². The number of pyridine rings is 1. The molecule has 3 heterocycles. The van der Waals surface area contributed by atoms with E-state index in [0.29, 0.717) is 28.2 Å². The number of carbonyl (C=O) groups excluding carboxylic acids is 2. The molecule has 0 aliphatic carbocycles. The van der Waals surface area contributed by atoms with Crippen LogP contribution in [-0.2, 0) is 11.3 Å². The molecular weight excluding hydrogens is 438 g/mol. The fraction of sp³-hybridized carbons (Fsp3) is 0.120. The van der Waals surface area contributed by atoms with Crippen LogP contribution in [-0.4, -0.2) is 27.9 Å². The van der Waals surface area contributed by atoms with Crippen molar-refractivity contribution in [3.05, 3.63) is 100 Å². The summed E-state index contributed by atoms with van der Waals surface area (Å²) in [7, 11) is 0. The molecule has 2 aromatic heterocycles. The first-order valence-electron chi connectivity index (χ1n) is 10.4. The van der Waals surface area contributed by atoms with Crippen LogP contribution in [0, 0.1) is 0 Å². The summed E-state index contributed by atoms with van der Waals surface area (Å²) in [5.41, 5.74) is 2.20. The number of hydrogen-bond donors (Lipinski definition) is 0. The van der Waals surface area contributed by atoms with E-state index in [1.54, 1.807) is 54.4 Å². The molecule has 1 aliphatic rings. The van der Waals surface area contributed by atoms with Gasteiger partial charge in [0.2, 0.25) is 0 Å². The van der Waals surface area contributed by atoms with Crippen molar-refractivity contribution in [2.45, 2.75) is 23.3 Å². The predicted octanol–water partition coefficient (Wildman–Crippen LogP) is 4.18. The van der Waals surface area contributed by atoms with Crippen LogP contribution in [0.25, 0.3) is 5.65 Å². The first-order chi connectivity index (χ1) is 16.0.